The Labute approximate surface area is 158 Å². The lowest BCUT2D eigenvalue weighted by Gasteiger charge is -2.23. The third-order valence-corrected chi connectivity index (χ3v) is 4.24. The highest BCUT2D eigenvalue weighted by molar-refractivity contribution is 6.31. The Morgan fingerprint density at radius 3 is 2.54 bits per heavy atom. The molecule has 138 valence electrons. The van der Waals surface area contributed by atoms with Gasteiger partial charge in [-0.25, -0.2) is 4.68 Å². The van der Waals surface area contributed by atoms with E-state index in [2.05, 4.69) is 9.84 Å². The fraction of sp³-hybridized carbons (Fsp3) is 0.316. The smallest absolute Gasteiger partial charge is 0.325 e. The predicted molar refractivity (Wildman–Crippen MR) is 101 cm³/mol. The number of aromatic nitrogens is 2. The van der Waals surface area contributed by atoms with Crippen LogP contribution in [0.15, 0.2) is 36.4 Å². The number of hydrogen-bond acceptors (Lipinski definition) is 4. The Bertz CT molecular complexity index is 813. The van der Waals surface area contributed by atoms with Gasteiger partial charge in [0.05, 0.1) is 18.5 Å². The van der Waals surface area contributed by atoms with E-state index in [1.807, 2.05) is 51.1 Å². The first-order valence-electron chi connectivity index (χ1n) is 8.21. The van der Waals surface area contributed by atoms with Gasteiger partial charge in [0.2, 0.25) is 5.91 Å². The SMILES string of the molecule is COC(=O)CN(C(=O)C=Cc1c(C)nn(-c2ccccc2)c1Cl)C(C)C. The van der Waals surface area contributed by atoms with E-state index in [1.54, 1.807) is 10.8 Å². The maximum atomic E-state index is 12.5. The molecule has 0 atom stereocenters. The van der Waals surface area contributed by atoms with E-state index in [0.717, 1.165) is 5.69 Å². The van der Waals surface area contributed by atoms with Crippen molar-refractivity contribution in [3.8, 4) is 5.69 Å². The molecular formula is C19H22ClN3O3. The summed E-state index contributed by atoms with van der Waals surface area (Å²) >= 11 is 6.45. The standard InChI is InChI=1S/C19H22ClN3O3/c1-13(2)22(12-18(25)26-4)17(24)11-10-16-14(3)21-23(19(16)20)15-8-6-5-7-9-15/h5-11,13H,12H2,1-4H3. The van der Waals surface area contributed by atoms with Gasteiger partial charge >= 0.3 is 5.97 Å². The number of nitrogens with zero attached hydrogens (tertiary/aromatic N) is 3. The van der Waals surface area contributed by atoms with Crippen molar-refractivity contribution in [1.29, 1.82) is 0 Å². The van der Waals surface area contributed by atoms with Crippen molar-refractivity contribution >= 4 is 29.6 Å². The molecule has 0 aliphatic rings. The van der Waals surface area contributed by atoms with Crippen LogP contribution in [0, 0.1) is 6.92 Å². The molecule has 1 aromatic carbocycles. The molecule has 0 aliphatic carbocycles. The minimum absolute atomic E-state index is 0.104. The lowest BCUT2D eigenvalue weighted by atomic mass is 10.2. The zero-order valence-corrected chi connectivity index (χ0v) is 16.0. The van der Waals surface area contributed by atoms with Crippen molar-refractivity contribution < 1.29 is 14.3 Å². The van der Waals surface area contributed by atoms with Gasteiger partial charge in [-0.1, -0.05) is 29.8 Å². The molecule has 6 nitrogen and oxygen atoms in total. The number of hydrogen-bond donors (Lipinski definition) is 0. The van der Waals surface area contributed by atoms with Crippen LogP contribution in [0.1, 0.15) is 25.1 Å². The first kappa shape index (κ1) is 19.7. The number of halogens is 1. The van der Waals surface area contributed by atoms with E-state index < -0.39 is 5.97 Å². The van der Waals surface area contributed by atoms with Crippen molar-refractivity contribution in [3.05, 3.63) is 52.8 Å². The van der Waals surface area contributed by atoms with Crippen molar-refractivity contribution in [1.82, 2.24) is 14.7 Å². The molecule has 1 aromatic heterocycles. The molecule has 0 saturated heterocycles. The number of para-hydroxylation sites is 1. The van der Waals surface area contributed by atoms with Gasteiger partial charge in [0, 0.05) is 17.7 Å². The molecule has 0 unspecified atom stereocenters. The van der Waals surface area contributed by atoms with Crippen molar-refractivity contribution in [2.75, 3.05) is 13.7 Å². The van der Waals surface area contributed by atoms with E-state index >= 15 is 0 Å². The molecule has 0 aliphatic heterocycles. The minimum Gasteiger partial charge on any atom is -0.468 e. The Morgan fingerprint density at radius 2 is 1.96 bits per heavy atom. The monoisotopic (exact) mass is 375 g/mol. The lowest BCUT2D eigenvalue weighted by Crippen LogP contribution is -2.40. The number of amides is 1. The van der Waals surface area contributed by atoms with E-state index in [4.69, 9.17) is 11.6 Å². The fourth-order valence-electron chi connectivity index (χ4n) is 2.41. The van der Waals surface area contributed by atoms with Crippen LogP contribution in [-0.4, -0.2) is 46.3 Å². The van der Waals surface area contributed by atoms with Gasteiger partial charge in [0.15, 0.2) is 0 Å². The minimum atomic E-state index is -0.466. The number of carbonyl (C=O) groups is 2. The Balaban J connectivity index is 2.25. The Kier molecular flexibility index (Phi) is 6.58. The molecule has 0 saturated carbocycles. The zero-order chi connectivity index (χ0) is 19.3. The van der Waals surface area contributed by atoms with Crippen LogP contribution in [0.4, 0.5) is 0 Å². The summed E-state index contributed by atoms with van der Waals surface area (Å²) in [5.41, 5.74) is 2.19. The maximum Gasteiger partial charge on any atom is 0.325 e. The van der Waals surface area contributed by atoms with Crippen LogP contribution in [0.3, 0.4) is 0 Å². The van der Waals surface area contributed by atoms with E-state index in [0.29, 0.717) is 16.4 Å². The van der Waals surface area contributed by atoms with Crippen LogP contribution in [0.5, 0.6) is 0 Å². The molecule has 0 N–H and O–H groups in total. The maximum absolute atomic E-state index is 12.5. The molecule has 2 rings (SSSR count). The van der Waals surface area contributed by atoms with Gasteiger partial charge in [0.25, 0.3) is 0 Å². The van der Waals surface area contributed by atoms with Crippen LogP contribution in [-0.2, 0) is 14.3 Å². The summed E-state index contributed by atoms with van der Waals surface area (Å²) < 4.78 is 6.26. The molecular weight excluding hydrogens is 354 g/mol. The summed E-state index contributed by atoms with van der Waals surface area (Å²) in [6, 6.07) is 9.36. The second-order valence-electron chi connectivity index (χ2n) is 6.01. The van der Waals surface area contributed by atoms with Crippen molar-refractivity contribution in [2.24, 2.45) is 0 Å². The van der Waals surface area contributed by atoms with Gasteiger partial charge in [-0.05, 0) is 39.0 Å². The number of rotatable bonds is 6. The highest BCUT2D eigenvalue weighted by atomic mass is 35.5. The lowest BCUT2D eigenvalue weighted by molar-refractivity contribution is -0.146. The largest absolute Gasteiger partial charge is 0.468 e. The molecule has 26 heavy (non-hydrogen) atoms. The summed E-state index contributed by atoms with van der Waals surface area (Å²) in [6.07, 6.45) is 3.02. The van der Waals surface area contributed by atoms with Crippen LogP contribution < -0.4 is 0 Å². The third-order valence-electron chi connectivity index (χ3n) is 3.87. The number of carbonyl (C=O) groups excluding carboxylic acids is 2. The normalized spacial score (nSPS) is 11.2. The van der Waals surface area contributed by atoms with Crippen molar-refractivity contribution in [3.63, 3.8) is 0 Å². The summed E-state index contributed by atoms with van der Waals surface area (Å²) in [5, 5.41) is 4.85. The zero-order valence-electron chi connectivity index (χ0n) is 15.3. The molecule has 0 fully saturated rings. The van der Waals surface area contributed by atoms with Gasteiger partial charge < -0.3 is 9.64 Å². The number of ether oxygens (including phenoxy) is 1. The average molecular weight is 376 g/mol. The molecule has 0 spiro atoms. The van der Waals surface area contributed by atoms with Crippen LogP contribution >= 0.6 is 11.6 Å². The molecule has 1 heterocycles. The second-order valence-corrected chi connectivity index (χ2v) is 6.36. The average Bonchev–Trinajstić information content (AvgIpc) is 2.91. The second kappa shape index (κ2) is 8.67. The van der Waals surface area contributed by atoms with Crippen LogP contribution in [0.25, 0.3) is 11.8 Å². The van der Waals surface area contributed by atoms with Gasteiger partial charge in [-0.2, -0.15) is 5.10 Å². The molecule has 1 amide bonds. The van der Waals surface area contributed by atoms with Gasteiger partial charge in [-0.3, -0.25) is 9.59 Å². The number of esters is 1. The first-order chi connectivity index (χ1) is 12.3. The predicted octanol–water partition coefficient (Wildman–Crippen LogP) is 3.26. The first-order valence-corrected chi connectivity index (χ1v) is 8.59. The number of benzene rings is 1. The number of aryl methyl sites for hydroxylation is 1. The Hall–Kier alpha value is -2.60. The van der Waals surface area contributed by atoms with Gasteiger partial charge in [-0.15, -0.1) is 0 Å². The molecule has 7 heteroatoms. The highest BCUT2D eigenvalue weighted by Gasteiger charge is 2.19. The third kappa shape index (κ3) is 4.52. The highest BCUT2D eigenvalue weighted by Crippen LogP contribution is 2.24. The summed E-state index contributed by atoms with van der Waals surface area (Å²) in [4.78, 5) is 25.4. The fourth-order valence-corrected chi connectivity index (χ4v) is 2.74. The Morgan fingerprint density at radius 1 is 1.31 bits per heavy atom. The quantitative estimate of drug-likeness (QED) is 0.574. The number of methoxy groups -OCH3 is 1. The van der Waals surface area contributed by atoms with E-state index in [9.17, 15) is 9.59 Å². The van der Waals surface area contributed by atoms with E-state index in [-0.39, 0.29) is 18.5 Å². The van der Waals surface area contributed by atoms with Gasteiger partial charge in [0.1, 0.15) is 11.7 Å². The van der Waals surface area contributed by atoms with E-state index in [1.165, 1.54) is 18.1 Å². The summed E-state index contributed by atoms with van der Waals surface area (Å²) in [7, 11) is 1.29. The van der Waals surface area contributed by atoms with Crippen molar-refractivity contribution in [2.45, 2.75) is 26.8 Å². The topological polar surface area (TPSA) is 64.4 Å². The molecule has 0 radical (unpaired) electrons. The van der Waals surface area contributed by atoms with Crippen LogP contribution in [0.2, 0.25) is 5.15 Å². The summed E-state index contributed by atoms with van der Waals surface area (Å²) in [6.45, 7) is 5.39. The molecule has 2 aromatic rings. The summed E-state index contributed by atoms with van der Waals surface area (Å²) in [5.74, 6) is -0.764. The molecule has 0 bridgehead atoms.